The van der Waals surface area contributed by atoms with Crippen LogP contribution in [0.1, 0.15) is 26.5 Å². The van der Waals surface area contributed by atoms with E-state index in [0.717, 1.165) is 23.0 Å². The summed E-state index contributed by atoms with van der Waals surface area (Å²) in [7, 11) is 0. The molecule has 0 saturated carbocycles. The molecule has 0 fully saturated rings. The first kappa shape index (κ1) is 15.7. The Morgan fingerprint density at radius 3 is 2.76 bits per heavy atom. The molecule has 0 amide bonds. The molecule has 2 aromatic rings. The van der Waals surface area contributed by atoms with E-state index in [4.69, 9.17) is 9.47 Å². The van der Waals surface area contributed by atoms with Crippen LogP contribution in [0.15, 0.2) is 30.3 Å². The monoisotopic (exact) mass is 288 g/mol. The van der Waals surface area contributed by atoms with E-state index in [1.54, 1.807) is 0 Å². The van der Waals surface area contributed by atoms with Gasteiger partial charge in [-0.25, -0.2) is 4.98 Å². The summed E-state index contributed by atoms with van der Waals surface area (Å²) < 4.78 is 11.1. The smallest absolute Gasteiger partial charge is 0.221 e. The van der Waals surface area contributed by atoms with Crippen LogP contribution in [0.4, 0.5) is 0 Å². The molecule has 4 nitrogen and oxygen atoms in total. The molecule has 0 bridgehead atoms. The molecule has 114 valence electrons. The third-order valence-electron chi connectivity index (χ3n) is 3.12. The molecule has 1 heterocycles. The van der Waals surface area contributed by atoms with Crippen molar-refractivity contribution >= 4 is 10.8 Å². The van der Waals surface area contributed by atoms with Crippen molar-refractivity contribution in [1.82, 2.24) is 10.3 Å². The highest BCUT2D eigenvalue weighted by atomic mass is 16.5. The normalized spacial score (nSPS) is 11.2. The molecule has 21 heavy (non-hydrogen) atoms. The Balaban J connectivity index is 2.18. The van der Waals surface area contributed by atoms with Gasteiger partial charge >= 0.3 is 0 Å². The molecule has 4 heteroatoms. The SMILES string of the molecule is CCOCCOc1nc(CNC(C)C)cc2ccccc12. The lowest BCUT2D eigenvalue weighted by Crippen LogP contribution is -2.22. The van der Waals surface area contributed by atoms with Gasteiger partial charge < -0.3 is 14.8 Å². The number of rotatable bonds is 8. The van der Waals surface area contributed by atoms with Crippen LogP contribution in [0.2, 0.25) is 0 Å². The lowest BCUT2D eigenvalue weighted by molar-refractivity contribution is 0.109. The molecular formula is C17H24N2O2. The fraction of sp³-hybridized carbons (Fsp3) is 0.471. The van der Waals surface area contributed by atoms with E-state index in [-0.39, 0.29) is 0 Å². The Labute approximate surface area is 126 Å². The largest absolute Gasteiger partial charge is 0.475 e. The first-order valence-corrected chi connectivity index (χ1v) is 7.53. The van der Waals surface area contributed by atoms with E-state index < -0.39 is 0 Å². The molecule has 0 saturated heterocycles. The summed E-state index contributed by atoms with van der Waals surface area (Å²) in [5, 5.41) is 5.58. The van der Waals surface area contributed by atoms with Gasteiger partial charge in [-0.1, -0.05) is 32.0 Å². The standard InChI is InChI=1S/C17H24N2O2/c1-4-20-9-10-21-17-16-8-6-5-7-14(16)11-15(19-17)12-18-13(2)3/h5-8,11,13,18H,4,9-10,12H2,1-3H3. The highest BCUT2D eigenvalue weighted by Crippen LogP contribution is 2.24. The Morgan fingerprint density at radius 1 is 1.19 bits per heavy atom. The maximum Gasteiger partial charge on any atom is 0.221 e. The van der Waals surface area contributed by atoms with Gasteiger partial charge in [0, 0.05) is 24.6 Å². The summed E-state index contributed by atoms with van der Waals surface area (Å²) in [6.07, 6.45) is 0. The molecule has 1 aromatic heterocycles. The van der Waals surface area contributed by atoms with Crippen LogP contribution >= 0.6 is 0 Å². The van der Waals surface area contributed by atoms with Crippen molar-refractivity contribution in [2.24, 2.45) is 0 Å². The van der Waals surface area contributed by atoms with E-state index in [9.17, 15) is 0 Å². The number of aromatic nitrogens is 1. The molecule has 0 aliphatic carbocycles. The zero-order valence-corrected chi connectivity index (χ0v) is 13.1. The Hall–Kier alpha value is -1.65. The molecular weight excluding hydrogens is 264 g/mol. The van der Waals surface area contributed by atoms with E-state index in [2.05, 4.69) is 36.3 Å². The summed E-state index contributed by atoms with van der Waals surface area (Å²) in [6, 6.07) is 10.7. The molecule has 2 rings (SSSR count). The average Bonchev–Trinajstić information content (AvgIpc) is 2.49. The second-order valence-corrected chi connectivity index (χ2v) is 5.22. The molecule has 0 radical (unpaired) electrons. The Kier molecular flexibility index (Phi) is 5.96. The average molecular weight is 288 g/mol. The maximum atomic E-state index is 5.80. The third-order valence-corrected chi connectivity index (χ3v) is 3.12. The van der Waals surface area contributed by atoms with Crippen molar-refractivity contribution in [2.75, 3.05) is 19.8 Å². The number of benzene rings is 1. The number of ether oxygens (including phenoxy) is 2. The van der Waals surface area contributed by atoms with Crippen LogP contribution < -0.4 is 10.1 Å². The van der Waals surface area contributed by atoms with Crippen LogP contribution in [0, 0.1) is 0 Å². The molecule has 0 atom stereocenters. The van der Waals surface area contributed by atoms with Crippen LogP contribution in [0.25, 0.3) is 10.8 Å². The summed E-state index contributed by atoms with van der Waals surface area (Å²) in [4.78, 5) is 4.63. The summed E-state index contributed by atoms with van der Waals surface area (Å²) in [5.41, 5.74) is 0.994. The first-order valence-electron chi connectivity index (χ1n) is 7.53. The van der Waals surface area contributed by atoms with Crippen molar-refractivity contribution in [3.05, 3.63) is 36.0 Å². The van der Waals surface area contributed by atoms with Gasteiger partial charge in [-0.2, -0.15) is 0 Å². The van der Waals surface area contributed by atoms with E-state index >= 15 is 0 Å². The number of fused-ring (bicyclic) bond motifs is 1. The van der Waals surface area contributed by atoms with Gasteiger partial charge in [0.2, 0.25) is 5.88 Å². The quantitative estimate of drug-likeness (QED) is 0.758. The summed E-state index contributed by atoms with van der Waals surface area (Å²) in [5.74, 6) is 0.688. The number of nitrogens with zero attached hydrogens (tertiary/aromatic N) is 1. The first-order chi connectivity index (χ1) is 10.2. The summed E-state index contributed by atoms with van der Waals surface area (Å²) in [6.45, 7) is 8.78. The van der Waals surface area contributed by atoms with E-state index in [1.807, 2.05) is 25.1 Å². The number of pyridine rings is 1. The maximum absolute atomic E-state index is 5.80. The van der Waals surface area contributed by atoms with Crippen LogP contribution in [-0.2, 0) is 11.3 Å². The van der Waals surface area contributed by atoms with Crippen molar-refractivity contribution < 1.29 is 9.47 Å². The van der Waals surface area contributed by atoms with Crippen LogP contribution in [0.5, 0.6) is 5.88 Å². The van der Waals surface area contributed by atoms with Crippen molar-refractivity contribution in [2.45, 2.75) is 33.4 Å². The molecule has 0 spiro atoms. The molecule has 0 aliphatic heterocycles. The van der Waals surface area contributed by atoms with Gasteiger partial charge in [0.15, 0.2) is 0 Å². The van der Waals surface area contributed by atoms with Crippen molar-refractivity contribution in [1.29, 1.82) is 0 Å². The molecule has 1 aromatic carbocycles. The van der Waals surface area contributed by atoms with Crippen molar-refractivity contribution in [3.8, 4) is 5.88 Å². The Bertz CT molecular complexity index is 570. The fourth-order valence-corrected chi connectivity index (χ4v) is 2.07. The number of hydrogen-bond donors (Lipinski definition) is 1. The minimum Gasteiger partial charge on any atom is -0.475 e. The van der Waals surface area contributed by atoms with Crippen LogP contribution in [0.3, 0.4) is 0 Å². The van der Waals surface area contributed by atoms with Gasteiger partial charge in [-0.3, -0.25) is 0 Å². The summed E-state index contributed by atoms with van der Waals surface area (Å²) >= 11 is 0. The van der Waals surface area contributed by atoms with Gasteiger partial charge in [-0.15, -0.1) is 0 Å². The van der Waals surface area contributed by atoms with Gasteiger partial charge in [0.25, 0.3) is 0 Å². The highest BCUT2D eigenvalue weighted by molar-refractivity contribution is 5.87. The minimum atomic E-state index is 0.431. The molecule has 1 N–H and O–H groups in total. The van der Waals surface area contributed by atoms with Crippen molar-refractivity contribution in [3.63, 3.8) is 0 Å². The van der Waals surface area contributed by atoms with Gasteiger partial charge in [-0.05, 0) is 24.4 Å². The van der Waals surface area contributed by atoms with Gasteiger partial charge in [0.1, 0.15) is 6.61 Å². The lowest BCUT2D eigenvalue weighted by atomic mass is 10.1. The third kappa shape index (κ3) is 4.69. The van der Waals surface area contributed by atoms with E-state index in [1.165, 1.54) is 0 Å². The lowest BCUT2D eigenvalue weighted by Gasteiger charge is -2.12. The zero-order chi connectivity index (χ0) is 15.1. The number of nitrogens with one attached hydrogen (secondary N) is 1. The number of hydrogen-bond acceptors (Lipinski definition) is 4. The van der Waals surface area contributed by atoms with Crippen LogP contribution in [-0.4, -0.2) is 30.8 Å². The van der Waals surface area contributed by atoms with Gasteiger partial charge in [0.05, 0.1) is 12.3 Å². The second kappa shape index (κ2) is 7.96. The Morgan fingerprint density at radius 2 is 2.00 bits per heavy atom. The topological polar surface area (TPSA) is 43.4 Å². The van der Waals surface area contributed by atoms with E-state index in [0.29, 0.717) is 31.7 Å². The second-order valence-electron chi connectivity index (χ2n) is 5.22. The minimum absolute atomic E-state index is 0.431. The fourth-order valence-electron chi connectivity index (χ4n) is 2.07. The molecule has 0 unspecified atom stereocenters. The zero-order valence-electron chi connectivity index (χ0n) is 13.1. The highest BCUT2D eigenvalue weighted by Gasteiger charge is 2.07. The predicted octanol–water partition coefficient (Wildman–Crippen LogP) is 3.15. The molecule has 0 aliphatic rings. The predicted molar refractivity (Wildman–Crippen MR) is 85.7 cm³/mol.